The molecule has 0 bridgehead atoms. The summed E-state index contributed by atoms with van der Waals surface area (Å²) in [5.74, 6) is -0.180. The van der Waals surface area contributed by atoms with Crippen LogP contribution in [-0.4, -0.2) is 0 Å². The maximum atomic E-state index is 13.6. The van der Waals surface area contributed by atoms with Gasteiger partial charge in [0.2, 0.25) is 0 Å². The molecule has 0 fully saturated rings. The first kappa shape index (κ1) is 12.2. The summed E-state index contributed by atoms with van der Waals surface area (Å²) in [5.41, 5.74) is 10.0. The Balaban J connectivity index is 1.91. The van der Waals surface area contributed by atoms with Crippen LogP contribution in [0, 0.1) is 12.7 Å². The highest BCUT2D eigenvalue weighted by atomic mass is 19.1. The van der Waals surface area contributed by atoms with Gasteiger partial charge in [0.05, 0.1) is 6.04 Å². The Morgan fingerprint density at radius 2 is 1.84 bits per heavy atom. The van der Waals surface area contributed by atoms with E-state index in [1.54, 1.807) is 13.0 Å². The molecule has 2 unspecified atom stereocenters. The van der Waals surface area contributed by atoms with E-state index in [1.807, 2.05) is 18.2 Å². The van der Waals surface area contributed by atoms with Gasteiger partial charge in [-0.1, -0.05) is 30.3 Å². The smallest absolute Gasteiger partial charge is 0.128 e. The highest BCUT2D eigenvalue weighted by Gasteiger charge is 2.28. The van der Waals surface area contributed by atoms with Crippen molar-refractivity contribution in [2.24, 2.45) is 5.73 Å². The van der Waals surface area contributed by atoms with Crippen molar-refractivity contribution in [1.29, 1.82) is 0 Å². The summed E-state index contributed by atoms with van der Waals surface area (Å²) in [6.07, 6.45) is 0.843. The molecule has 0 saturated heterocycles. The summed E-state index contributed by atoms with van der Waals surface area (Å²) in [5, 5.41) is 3.42. The van der Waals surface area contributed by atoms with Crippen LogP contribution in [0.2, 0.25) is 0 Å². The summed E-state index contributed by atoms with van der Waals surface area (Å²) < 4.78 is 13.6. The average Bonchev–Trinajstić information content (AvgIpc) is 2.73. The number of rotatable bonds is 2. The molecule has 0 saturated carbocycles. The van der Waals surface area contributed by atoms with Gasteiger partial charge in [-0.15, -0.1) is 0 Å². The molecule has 2 nitrogen and oxygen atoms in total. The van der Waals surface area contributed by atoms with Gasteiger partial charge in [-0.05, 0) is 36.6 Å². The third kappa shape index (κ3) is 2.10. The molecule has 2 aromatic rings. The van der Waals surface area contributed by atoms with E-state index in [9.17, 15) is 4.39 Å². The minimum absolute atomic E-state index is 0.0579. The number of fused-ring (bicyclic) bond motifs is 1. The Labute approximate surface area is 112 Å². The number of halogens is 1. The first-order chi connectivity index (χ1) is 9.16. The van der Waals surface area contributed by atoms with E-state index in [0.29, 0.717) is 5.56 Å². The molecule has 1 aliphatic rings. The minimum Gasteiger partial charge on any atom is -0.378 e. The van der Waals surface area contributed by atoms with E-state index in [0.717, 1.165) is 12.1 Å². The molecule has 2 aromatic carbocycles. The SMILES string of the molecule is Cc1c(F)cccc1NC1CC(N)c2ccccc21. The molecule has 0 amide bonds. The molecule has 0 heterocycles. The fraction of sp³-hybridized carbons (Fsp3) is 0.250. The number of anilines is 1. The lowest BCUT2D eigenvalue weighted by Gasteiger charge is -2.17. The number of hydrogen-bond acceptors (Lipinski definition) is 2. The second-order valence-electron chi connectivity index (χ2n) is 5.08. The average molecular weight is 256 g/mol. The summed E-state index contributed by atoms with van der Waals surface area (Å²) in [6.45, 7) is 1.79. The van der Waals surface area contributed by atoms with Crippen molar-refractivity contribution in [3.8, 4) is 0 Å². The van der Waals surface area contributed by atoms with Gasteiger partial charge in [-0.25, -0.2) is 4.39 Å². The molecule has 98 valence electrons. The zero-order valence-corrected chi connectivity index (χ0v) is 10.9. The van der Waals surface area contributed by atoms with Gasteiger partial charge in [0, 0.05) is 17.3 Å². The number of nitrogens with two attached hydrogens (primary N) is 1. The normalized spacial score (nSPS) is 21.2. The second kappa shape index (κ2) is 4.67. The molecule has 0 spiro atoms. The molecule has 1 aliphatic carbocycles. The number of hydrogen-bond donors (Lipinski definition) is 2. The summed E-state index contributed by atoms with van der Waals surface area (Å²) in [4.78, 5) is 0. The zero-order chi connectivity index (χ0) is 13.4. The highest BCUT2D eigenvalue weighted by molar-refractivity contribution is 5.54. The van der Waals surface area contributed by atoms with Crippen molar-refractivity contribution in [1.82, 2.24) is 0 Å². The van der Waals surface area contributed by atoms with Crippen LogP contribution < -0.4 is 11.1 Å². The van der Waals surface area contributed by atoms with Gasteiger partial charge in [0.1, 0.15) is 5.82 Å². The quantitative estimate of drug-likeness (QED) is 0.860. The van der Waals surface area contributed by atoms with Crippen LogP contribution in [0.5, 0.6) is 0 Å². The van der Waals surface area contributed by atoms with Crippen molar-refractivity contribution in [3.63, 3.8) is 0 Å². The predicted octanol–water partition coefficient (Wildman–Crippen LogP) is 3.69. The van der Waals surface area contributed by atoms with Crippen molar-refractivity contribution in [2.75, 3.05) is 5.32 Å². The minimum atomic E-state index is -0.180. The number of benzene rings is 2. The molecular weight excluding hydrogens is 239 g/mol. The van der Waals surface area contributed by atoms with E-state index < -0.39 is 0 Å². The van der Waals surface area contributed by atoms with Crippen LogP contribution in [0.4, 0.5) is 10.1 Å². The molecule has 19 heavy (non-hydrogen) atoms. The van der Waals surface area contributed by atoms with Crippen molar-refractivity contribution in [2.45, 2.75) is 25.4 Å². The Morgan fingerprint density at radius 3 is 2.63 bits per heavy atom. The lowest BCUT2D eigenvalue weighted by molar-refractivity contribution is 0.616. The zero-order valence-electron chi connectivity index (χ0n) is 10.9. The fourth-order valence-corrected chi connectivity index (χ4v) is 2.76. The Hall–Kier alpha value is -1.87. The first-order valence-electron chi connectivity index (χ1n) is 6.53. The van der Waals surface area contributed by atoms with Gasteiger partial charge in [-0.3, -0.25) is 0 Å². The molecule has 2 atom stereocenters. The van der Waals surface area contributed by atoms with E-state index >= 15 is 0 Å². The fourth-order valence-electron chi connectivity index (χ4n) is 2.76. The van der Waals surface area contributed by atoms with Crippen LogP contribution >= 0.6 is 0 Å². The van der Waals surface area contributed by atoms with Gasteiger partial charge >= 0.3 is 0 Å². The van der Waals surface area contributed by atoms with Gasteiger partial charge < -0.3 is 11.1 Å². The topological polar surface area (TPSA) is 38.0 Å². The Kier molecular flexibility index (Phi) is 2.99. The second-order valence-corrected chi connectivity index (χ2v) is 5.08. The van der Waals surface area contributed by atoms with Crippen molar-refractivity contribution >= 4 is 5.69 Å². The van der Waals surface area contributed by atoms with Gasteiger partial charge in [0.25, 0.3) is 0 Å². The lowest BCUT2D eigenvalue weighted by Crippen LogP contribution is -2.11. The van der Waals surface area contributed by atoms with E-state index in [2.05, 4.69) is 17.4 Å². The molecule has 3 heteroatoms. The predicted molar refractivity (Wildman–Crippen MR) is 75.5 cm³/mol. The standard InChI is InChI=1S/C16H17FN2/c1-10-13(17)7-4-8-15(10)19-16-9-14(18)11-5-2-3-6-12(11)16/h2-8,14,16,19H,9,18H2,1H3. The maximum absolute atomic E-state index is 13.6. The van der Waals surface area contributed by atoms with Crippen LogP contribution in [-0.2, 0) is 0 Å². The van der Waals surface area contributed by atoms with E-state index in [-0.39, 0.29) is 17.9 Å². The first-order valence-corrected chi connectivity index (χ1v) is 6.53. The molecule has 0 aliphatic heterocycles. The van der Waals surface area contributed by atoms with E-state index in [4.69, 9.17) is 5.73 Å². The Morgan fingerprint density at radius 1 is 1.11 bits per heavy atom. The van der Waals surface area contributed by atoms with Crippen LogP contribution in [0.1, 0.15) is 35.2 Å². The highest BCUT2D eigenvalue weighted by Crippen LogP contribution is 2.39. The van der Waals surface area contributed by atoms with Crippen LogP contribution in [0.3, 0.4) is 0 Å². The summed E-state index contributed by atoms with van der Waals surface area (Å²) in [6, 6.07) is 13.5. The monoisotopic (exact) mass is 256 g/mol. The van der Waals surface area contributed by atoms with E-state index in [1.165, 1.54) is 17.2 Å². The summed E-state index contributed by atoms with van der Waals surface area (Å²) >= 11 is 0. The van der Waals surface area contributed by atoms with Gasteiger partial charge in [0.15, 0.2) is 0 Å². The van der Waals surface area contributed by atoms with Crippen molar-refractivity contribution < 1.29 is 4.39 Å². The maximum Gasteiger partial charge on any atom is 0.128 e. The van der Waals surface area contributed by atoms with Crippen LogP contribution in [0.25, 0.3) is 0 Å². The molecule has 3 N–H and O–H groups in total. The number of nitrogens with one attached hydrogen (secondary N) is 1. The molecule has 0 aromatic heterocycles. The van der Waals surface area contributed by atoms with Crippen molar-refractivity contribution in [3.05, 3.63) is 65.0 Å². The largest absolute Gasteiger partial charge is 0.378 e. The lowest BCUT2D eigenvalue weighted by atomic mass is 10.1. The third-order valence-corrected chi connectivity index (χ3v) is 3.86. The van der Waals surface area contributed by atoms with Crippen LogP contribution in [0.15, 0.2) is 42.5 Å². The van der Waals surface area contributed by atoms with Gasteiger partial charge in [-0.2, -0.15) is 0 Å². The summed E-state index contributed by atoms with van der Waals surface area (Å²) in [7, 11) is 0. The molecule has 0 radical (unpaired) electrons. The molecule has 3 rings (SSSR count). The molecular formula is C16H17FN2. The Bertz CT molecular complexity index is 609. The third-order valence-electron chi connectivity index (χ3n) is 3.86.